The summed E-state index contributed by atoms with van der Waals surface area (Å²) in [6.07, 6.45) is 34.5. The zero-order valence-corrected chi connectivity index (χ0v) is 22.4. The Morgan fingerprint density at radius 1 is 0.621 bits per heavy atom. The first-order valence-electron chi connectivity index (χ1n) is 9.19. The molecule has 0 unspecified atom stereocenters. The molecule has 0 heterocycles. The van der Waals surface area contributed by atoms with Gasteiger partial charge in [-0.05, 0) is 100.0 Å². The van der Waals surface area contributed by atoms with Crippen LogP contribution in [0.4, 0.5) is 0 Å². The Morgan fingerprint density at radius 3 is 1.66 bits per heavy atom. The zero-order chi connectivity index (χ0) is 20.0. The molecule has 0 amide bonds. The van der Waals surface area contributed by atoms with Crippen LogP contribution >= 0.6 is 17.0 Å². The van der Waals surface area contributed by atoms with Crippen LogP contribution in [-0.4, -0.2) is 8.07 Å². The summed E-state index contributed by atoms with van der Waals surface area (Å²) < 4.78 is 0. The third kappa shape index (κ3) is 6.60. The topological polar surface area (TPSA) is 0 Å². The summed E-state index contributed by atoms with van der Waals surface area (Å²) in [7, 11) is 8.22. The molecule has 0 bridgehead atoms. The number of rotatable bonds is 2. The van der Waals surface area contributed by atoms with Crippen LogP contribution in [0.1, 0.15) is 0 Å². The minimum Gasteiger partial charge on any atom is 2.00 e. The van der Waals surface area contributed by atoms with E-state index in [1.165, 1.54) is 29.2 Å². The van der Waals surface area contributed by atoms with Gasteiger partial charge >= 0.3 is 54.9 Å². The van der Waals surface area contributed by atoms with Crippen LogP contribution < -0.4 is 0 Å². The van der Waals surface area contributed by atoms with Gasteiger partial charge in [0.15, 0.2) is 0 Å². The number of fused-ring (bicyclic) bond motifs is 3. The van der Waals surface area contributed by atoms with Crippen molar-refractivity contribution in [3.05, 3.63) is 136 Å². The van der Waals surface area contributed by atoms with Gasteiger partial charge in [0, 0.05) is 11.8 Å². The van der Waals surface area contributed by atoms with Gasteiger partial charge in [-0.15, -0.1) is 0 Å². The van der Waals surface area contributed by atoms with Crippen LogP contribution in [-0.2, 0) is 37.9 Å². The Balaban J connectivity index is 0.000000284. The smallest absolute Gasteiger partial charge is 2.00 e. The van der Waals surface area contributed by atoms with Crippen molar-refractivity contribution < 1.29 is 37.9 Å². The van der Waals surface area contributed by atoms with Crippen LogP contribution in [0, 0.1) is 112 Å². The number of hydrogen-bond acceptors (Lipinski definition) is 0. The van der Waals surface area contributed by atoms with Crippen LogP contribution in [0.5, 0.6) is 0 Å². The van der Waals surface area contributed by atoms with Crippen LogP contribution in [0.25, 0.3) is 0 Å². The van der Waals surface area contributed by atoms with Crippen LogP contribution in [0.2, 0.25) is 13.1 Å². The molecule has 0 aromatic carbocycles. The molecule has 5 rings (SSSR count). The average Bonchev–Trinajstić information content (AvgIpc) is 3.49. The second kappa shape index (κ2) is 13.4. The van der Waals surface area contributed by atoms with Gasteiger partial charge in [0.1, 0.15) is 0 Å². The van der Waals surface area contributed by atoms with E-state index in [1.807, 2.05) is 32.1 Å². The molecule has 4 fully saturated rings. The Labute approximate surface area is 210 Å². The van der Waals surface area contributed by atoms with Crippen LogP contribution in [0.3, 0.4) is 0 Å². The summed E-state index contributed by atoms with van der Waals surface area (Å²) in [5.41, 5.74) is 3.12. The van der Waals surface area contributed by atoms with Crippen molar-refractivity contribution in [2.45, 2.75) is 13.1 Å². The predicted octanol–water partition coefficient (Wildman–Crippen LogP) is 6.21. The van der Waals surface area contributed by atoms with Gasteiger partial charge in [-0.1, -0.05) is 37.4 Å². The molecule has 29 heavy (non-hydrogen) atoms. The summed E-state index contributed by atoms with van der Waals surface area (Å²) in [5.74, 6) is 5.75. The monoisotopic (exact) mass is 554 g/mol. The van der Waals surface area contributed by atoms with Crippen molar-refractivity contribution in [1.82, 2.24) is 0 Å². The van der Waals surface area contributed by atoms with Gasteiger partial charge in [-0.25, -0.2) is 0 Å². The Bertz CT molecular complexity index is 521. The van der Waals surface area contributed by atoms with E-state index in [0.29, 0.717) is 0 Å². The van der Waals surface area contributed by atoms with E-state index in [-0.39, 0.29) is 17.1 Å². The fourth-order valence-corrected chi connectivity index (χ4v) is 6.98. The Hall–Kier alpha value is 1.68. The van der Waals surface area contributed by atoms with Gasteiger partial charge in [-0.3, -0.25) is 0 Å². The van der Waals surface area contributed by atoms with E-state index in [0.717, 1.165) is 0 Å². The molecule has 0 spiro atoms. The maximum atomic E-state index is 4.93. The maximum Gasteiger partial charge on any atom is 2.00 e. The molecular weight excluding hydrogens is 534 g/mol. The first-order valence-corrected chi connectivity index (χ1v) is 18.5. The molecule has 0 N–H and O–H groups in total. The Morgan fingerprint density at radius 2 is 1.10 bits per heavy atom. The van der Waals surface area contributed by atoms with E-state index < -0.39 is 28.9 Å². The Kier molecular flexibility index (Phi) is 12.4. The third-order valence-electron chi connectivity index (χ3n) is 5.14. The summed E-state index contributed by atoms with van der Waals surface area (Å²) in [5, 5.41) is 0. The van der Waals surface area contributed by atoms with E-state index >= 15 is 0 Å². The molecule has 4 saturated carbocycles. The summed E-state index contributed by atoms with van der Waals surface area (Å²) >= 11 is -0.826. The van der Waals surface area contributed by atoms with Crippen molar-refractivity contribution in [3.63, 3.8) is 0 Å². The third-order valence-corrected chi connectivity index (χ3v) is 8.70. The first kappa shape index (κ1) is 26.9. The predicted molar refractivity (Wildman–Crippen MR) is 119 cm³/mol. The number of halogens is 2. The van der Waals surface area contributed by atoms with E-state index in [4.69, 9.17) is 17.0 Å². The van der Waals surface area contributed by atoms with E-state index in [1.54, 1.807) is 5.54 Å². The van der Waals surface area contributed by atoms with Gasteiger partial charge in [-0.2, -0.15) is 0 Å². The van der Waals surface area contributed by atoms with Gasteiger partial charge in [0.05, 0.1) is 8.07 Å². The maximum absolute atomic E-state index is 4.93. The molecular formula is C24H22Cl2FeSiZr+4. The fraction of sp³-hybridized carbons (Fsp3) is 0.0833. The minimum absolute atomic E-state index is 0. The van der Waals surface area contributed by atoms with E-state index in [2.05, 4.69) is 82.3 Å². The van der Waals surface area contributed by atoms with Gasteiger partial charge in [0.2, 0.25) is 0 Å². The van der Waals surface area contributed by atoms with Crippen molar-refractivity contribution >= 4 is 25.1 Å². The quantitative estimate of drug-likeness (QED) is 0.355. The van der Waals surface area contributed by atoms with Crippen LogP contribution in [0.15, 0.2) is 24.3 Å². The fourth-order valence-electron chi connectivity index (χ4n) is 3.88. The molecule has 5 aliphatic carbocycles. The average molecular weight is 557 g/mol. The molecule has 5 heteroatoms. The van der Waals surface area contributed by atoms with Crippen molar-refractivity contribution in [2.24, 2.45) is 0 Å². The zero-order valence-electron chi connectivity index (χ0n) is 16.3. The molecule has 0 atom stereocenters. The number of allylic oxidation sites excluding steroid dienone is 4. The molecule has 0 nitrogen and oxygen atoms in total. The van der Waals surface area contributed by atoms with Crippen molar-refractivity contribution in [1.29, 1.82) is 0 Å². The first-order chi connectivity index (χ1) is 13.6. The van der Waals surface area contributed by atoms with Gasteiger partial charge in [0.25, 0.3) is 0 Å². The summed E-state index contributed by atoms with van der Waals surface area (Å²) in [4.78, 5) is 0. The largest absolute Gasteiger partial charge is 2.00 e. The van der Waals surface area contributed by atoms with E-state index in [9.17, 15) is 0 Å². The molecule has 0 aromatic rings. The van der Waals surface area contributed by atoms with Crippen molar-refractivity contribution in [2.75, 3.05) is 0 Å². The SMILES string of the molecule is C[Si](C)([C]1[CH][CH][CH][CH]1)[C]1[C]2[CH][CH][CH][C]2[C]2C=CC=C[C]21.[CH]1[CH][CH][CH][CH]1.[Cl][Zr+2][Cl].[Fe+2]. The molecule has 0 saturated heterocycles. The summed E-state index contributed by atoms with van der Waals surface area (Å²) in [6, 6.07) is 0. The molecule has 0 aromatic heterocycles. The number of hydrogen-bond donors (Lipinski definition) is 0. The normalized spacial score (nSPS) is 25.5. The molecule has 18 radical (unpaired) electrons. The molecule has 5 aliphatic rings. The second-order valence-electron chi connectivity index (χ2n) is 7.11. The summed E-state index contributed by atoms with van der Waals surface area (Å²) in [6.45, 7) is 4.94. The standard InChI is InChI=1S/C19H17Si.C5H5.2ClH.Fe.Zr/c1-20(2,14-8-3-4-9-14)19-17-11-6-5-10-15(17)16-12-7-13-18(16)19;1-2-4-5-3-1;;;;/h3-13H,1-2H3;1-5H;2*1H;;/q;;;;+2;+4/p-2. The van der Waals surface area contributed by atoms with Crippen molar-refractivity contribution in [3.8, 4) is 0 Å². The molecule has 0 aliphatic heterocycles. The van der Waals surface area contributed by atoms with Gasteiger partial charge < -0.3 is 0 Å². The second-order valence-corrected chi connectivity index (χ2v) is 15.2. The minimum atomic E-state index is -1.64. The molecule has 144 valence electrons.